The molecule has 1 aliphatic heterocycles. The number of ether oxygens (including phenoxy) is 2. The van der Waals surface area contributed by atoms with E-state index in [1.165, 1.54) is 11.3 Å². The number of hydrogen-bond acceptors (Lipinski definition) is 7. The van der Waals surface area contributed by atoms with Crippen molar-refractivity contribution in [2.24, 2.45) is 0 Å². The van der Waals surface area contributed by atoms with Crippen LogP contribution in [0.25, 0.3) is 11.4 Å². The van der Waals surface area contributed by atoms with Gasteiger partial charge in [0.05, 0.1) is 18.0 Å². The molecule has 0 aliphatic carbocycles. The van der Waals surface area contributed by atoms with Crippen molar-refractivity contribution in [3.63, 3.8) is 0 Å². The standard InChI is InChI=1S/C19H19N3O4S/c1-12-7-8-27-17(12)19(23)22-9-15(10-22)25-14-5-3-13(4-6-14)18-20-16(11-24-2)26-21-18/h3-8,15H,9-11H2,1-2H3. The number of thiophene rings is 1. The highest BCUT2D eigenvalue weighted by atomic mass is 32.1. The molecule has 1 amide bonds. The quantitative estimate of drug-likeness (QED) is 0.649. The summed E-state index contributed by atoms with van der Waals surface area (Å²) in [5.74, 6) is 1.79. The fraction of sp³-hybridized carbons (Fsp3) is 0.316. The predicted octanol–water partition coefficient (Wildman–Crippen LogP) is 3.16. The van der Waals surface area contributed by atoms with Gasteiger partial charge in [-0.1, -0.05) is 5.16 Å². The van der Waals surface area contributed by atoms with E-state index in [1.807, 2.05) is 47.5 Å². The fourth-order valence-electron chi connectivity index (χ4n) is 2.84. The van der Waals surface area contributed by atoms with Gasteiger partial charge in [0.2, 0.25) is 5.82 Å². The van der Waals surface area contributed by atoms with E-state index >= 15 is 0 Å². The highest BCUT2D eigenvalue weighted by molar-refractivity contribution is 7.12. The number of aromatic nitrogens is 2. The molecule has 0 radical (unpaired) electrons. The monoisotopic (exact) mass is 385 g/mol. The maximum absolute atomic E-state index is 12.4. The van der Waals surface area contributed by atoms with Gasteiger partial charge in [-0.05, 0) is 48.2 Å². The first-order valence-electron chi connectivity index (χ1n) is 8.56. The second-order valence-corrected chi connectivity index (χ2v) is 7.27. The second kappa shape index (κ2) is 7.50. The van der Waals surface area contributed by atoms with Gasteiger partial charge in [0.25, 0.3) is 11.8 Å². The summed E-state index contributed by atoms with van der Waals surface area (Å²) in [6.45, 7) is 3.45. The summed E-state index contributed by atoms with van der Waals surface area (Å²) in [6.07, 6.45) is 0.0125. The van der Waals surface area contributed by atoms with Gasteiger partial charge in [-0.25, -0.2) is 0 Å². The highest BCUT2D eigenvalue weighted by Gasteiger charge is 2.33. The molecule has 3 aromatic rings. The van der Waals surface area contributed by atoms with Gasteiger partial charge >= 0.3 is 0 Å². The number of nitrogens with zero attached hydrogens (tertiary/aromatic N) is 3. The van der Waals surface area contributed by atoms with Crippen LogP contribution in [0.5, 0.6) is 5.75 Å². The van der Waals surface area contributed by atoms with Crippen LogP contribution in [0.15, 0.2) is 40.2 Å². The van der Waals surface area contributed by atoms with E-state index in [9.17, 15) is 4.79 Å². The van der Waals surface area contributed by atoms with Crippen LogP contribution in [0, 0.1) is 6.92 Å². The Morgan fingerprint density at radius 3 is 2.74 bits per heavy atom. The molecular weight excluding hydrogens is 366 g/mol. The topological polar surface area (TPSA) is 77.7 Å². The first-order chi connectivity index (χ1) is 13.1. The molecule has 8 heteroatoms. The molecule has 0 unspecified atom stereocenters. The first-order valence-corrected chi connectivity index (χ1v) is 9.44. The average molecular weight is 385 g/mol. The Balaban J connectivity index is 1.32. The van der Waals surface area contributed by atoms with Gasteiger partial charge in [0.15, 0.2) is 0 Å². The molecule has 0 spiro atoms. The van der Waals surface area contributed by atoms with E-state index in [2.05, 4.69) is 10.1 Å². The number of carbonyl (C=O) groups excluding carboxylic acids is 1. The summed E-state index contributed by atoms with van der Waals surface area (Å²) in [6, 6.07) is 9.47. The summed E-state index contributed by atoms with van der Waals surface area (Å²) in [5, 5.41) is 5.88. The number of amides is 1. The third-order valence-electron chi connectivity index (χ3n) is 4.34. The largest absolute Gasteiger partial charge is 0.487 e. The fourth-order valence-corrected chi connectivity index (χ4v) is 3.74. The molecule has 140 valence electrons. The van der Waals surface area contributed by atoms with Gasteiger partial charge < -0.3 is 18.9 Å². The number of likely N-dealkylation sites (tertiary alicyclic amines) is 1. The van der Waals surface area contributed by atoms with E-state index in [-0.39, 0.29) is 18.6 Å². The minimum Gasteiger partial charge on any atom is -0.487 e. The van der Waals surface area contributed by atoms with Crippen LogP contribution in [0.3, 0.4) is 0 Å². The lowest BCUT2D eigenvalue weighted by Crippen LogP contribution is -2.56. The van der Waals surface area contributed by atoms with Crippen molar-refractivity contribution >= 4 is 17.2 Å². The van der Waals surface area contributed by atoms with E-state index in [0.29, 0.717) is 24.8 Å². The Hall–Kier alpha value is -2.71. The smallest absolute Gasteiger partial charge is 0.264 e. The number of benzene rings is 1. The van der Waals surface area contributed by atoms with Crippen molar-refractivity contribution in [1.82, 2.24) is 15.0 Å². The highest BCUT2D eigenvalue weighted by Crippen LogP contribution is 2.25. The molecule has 1 aromatic carbocycles. The zero-order valence-corrected chi connectivity index (χ0v) is 15.9. The minimum absolute atomic E-state index is 0.0125. The zero-order chi connectivity index (χ0) is 18.8. The molecule has 0 bridgehead atoms. The molecule has 1 aliphatic rings. The van der Waals surface area contributed by atoms with Crippen molar-refractivity contribution in [2.45, 2.75) is 19.6 Å². The lowest BCUT2D eigenvalue weighted by Gasteiger charge is -2.38. The lowest BCUT2D eigenvalue weighted by atomic mass is 10.1. The van der Waals surface area contributed by atoms with Gasteiger partial charge in [0, 0.05) is 12.7 Å². The van der Waals surface area contributed by atoms with Crippen LogP contribution in [-0.2, 0) is 11.3 Å². The predicted molar refractivity (Wildman–Crippen MR) is 99.8 cm³/mol. The Morgan fingerprint density at radius 2 is 2.07 bits per heavy atom. The molecule has 2 aromatic heterocycles. The van der Waals surface area contributed by atoms with Crippen molar-refractivity contribution in [2.75, 3.05) is 20.2 Å². The lowest BCUT2D eigenvalue weighted by molar-refractivity contribution is 0.0181. The van der Waals surface area contributed by atoms with Crippen molar-refractivity contribution in [1.29, 1.82) is 0 Å². The zero-order valence-electron chi connectivity index (χ0n) is 15.0. The summed E-state index contributed by atoms with van der Waals surface area (Å²) in [5.41, 5.74) is 1.87. The Morgan fingerprint density at radius 1 is 1.30 bits per heavy atom. The van der Waals surface area contributed by atoms with Crippen LogP contribution in [0.4, 0.5) is 0 Å². The van der Waals surface area contributed by atoms with Gasteiger partial charge in [0.1, 0.15) is 18.5 Å². The number of carbonyl (C=O) groups is 1. The Kier molecular flexibility index (Phi) is 4.91. The van der Waals surface area contributed by atoms with Gasteiger partial charge in [-0.3, -0.25) is 4.79 Å². The summed E-state index contributed by atoms with van der Waals surface area (Å²) < 4.78 is 16.0. The van der Waals surface area contributed by atoms with E-state index in [0.717, 1.165) is 21.8 Å². The van der Waals surface area contributed by atoms with Gasteiger partial charge in [-0.2, -0.15) is 4.98 Å². The third-order valence-corrected chi connectivity index (χ3v) is 5.35. The Bertz CT molecular complexity index is 929. The maximum atomic E-state index is 12.4. The van der Waals surface area contributed by atoms with Crippen LogP contribution in [0.1, 0.15) is 21.1 Å². The number of rotatable bonds is 6. The van der Waals surface area contributed by atoms with Crippen LogP contribution >= 0.6 is 11.3 Å². The van der Waals surface area contributed by atoms with Crippen molar-refractivity contribution in [3.05, 3.63) is 52.0 Å². The minimum atomic E-state index is 0.0125. The molecule has 3 heterocycles. The molecule has 1 fully saturated rings. The molecule has 0 atom stereocenters. The van der Waals surface area contributed by atoms with Crippen LogP contribution in [0.2, 0.25) is 0 Å². The van der Waals surface area contributed by atoms with E-state index in [1.54, 1.807) is 7.11 Å². The number of aryl methyl sites for hydroxylation is 1. The third kappa shape index (κ3) is 3.72. The Labute approximate surface area is 160 Å². The second-order valence-electron chi connectivity index (χ2n) is 6.35. The van der Waals surface area contributed by atoms with E-state index < -0.39 is 0 Å². The van der Waals surface area contributed by atoms with E-state index in [4.69, 9.17) is 14.0 Å². The molecule has 0 N–H and O–H groups in total. The molecule has 0 saturated carbocycles. The molecule has 7 nitrogen and oxygen atoms in total. The van der Waals surface area contributed by atoms with Gasteiger partial charge in [-0.15, -0.1) is 11.3 Å². The maximum Gasteiger partial charge on any atom is 0.264 e. The number of methoxy groups -OCH3 is 1. The normalized spacial score (nSPS) is 14.2. The molecule has 4 rings (SSSR count). The van der Waals surface area contributed by atoms with Crippen LogP contribution in [-0.4, -0.2) is 47.3 Å². The van der Waals surface area contributed by atoms with Crippen molar-refractivity contribution < 1.29 is 18.8 Å². The first kappa shape index (κ1) is 17.7. The molecule has 1 saturated heterocycles. The average Bonchev–Trinajstić information content (AvgIpc) is 3.27. The number of hydrogen-bond donors (Lipinski definition) is 0. The SMILES string of the molecule is COCc1nc(-c2ccc(OC3CN(C(=O)c4sccc4C)C3)cc2)no1. The summed E-state index contributed by atoms with van der Waals surface area (Å²) in [4.78, 5) is 19.3. The van der Waals surface area contributed by atoms with Crippen molar-refractivity contribution in [3.8, 4) is 17.1 Å². The molecule has 27 heavy (non-hydrogen) atoms. The summed E-state index contributed by atoms with van der Waals surface area (Å²) in [7, 11) is 1.58. The van der Waals surface area contributed by atoms with Crippen LogP contribution < -0.4 is 4.74 Å². The molecular formula is C19H19N3O4S. The summed E-state index contributed by atoms with van der Waals surface area (Å²) >= 11 is 1.49.